The summed E-state index contributed by atoms with van der Waals surface area (Å²) in [5.41, 5.74) is 1.51. The molecule has 0 aliphatic rings. The van der Waals surface area contributed by atoms with E-state index in [4.69, 9.17) is 4.74 Å². The van der Waals surface area contributed by atoms with Gasteiger partial charge in [0.25, 0.3) is 5.88 Å². The highest BCUT2D eigenvalue weighted by molar-refractivity contribution is 5.50. The van der Waals surface area contributed by atoms with Crippen molar-refractivity contribution in [2.45, 2.75) is 6.54 Å². The number of hydrogen-bond acceptors (Lipinski definition) is 4. The van der Waals surface area contributed by atoms with E-state index in [1.54, 1.807) is 25.4 Å². The molecule has 0 spiro atoms. The molecule has 0 fully saturated rings. The number of rotatable bonds is 5. The highest BCUT2D eigenvalue weighted by atomic mass is 19.1. The van der Waals surface area contributed by atoms with Crippen molar-refractivity contribution in [3.8, 4) is 11.6 Å². The van der Waals surface area contributed by atoms with E-state index in [0.29, 0.717) is 17.9 Å². The monoisotopic (exact) mass is 275 g/mol. The molecule has 2 rings (SSSR count). The lowest BCUT2D eigenvalue weighted by atomic mass is 10.2. The van der Waals surface area contributed by atoms with Crippen LogP contribution in [0.15, 0.2) is 36.5 Å². The molecule has 0 aliphatic heterocycles. The first-order valence-corrected chi connectivity index (χ1v) is 6.35. The van der Waals surface area contributed by atoms with E-state index in [0.717, 1.165) is 5.69 Å². The van der Waals surface area contributed by atoms with Crippen molar-refractivity contribution in [1.82, 2.24) is 10.3 Å². The quantitative estimate of drug-likeness (QED) is 0.910. The Hall–Kier alpha value is -2.14. The fourth-order valence-electron chi connectivity index (χ4n) is 1.80. The van der Waals surface area contributed by atoms with E-state index in [9.17, 15) is 4.39 Å². The van der Waals surface area contributed by atoms with Gasteiger partial charge in [-0.2, -0.15) is 0 Å². The highest BCUT2D eigenvalue weighted by Gasteiger charge is 2.11. The molecule has 0 amide bonds. The van der Waals surface area contributed by atoms with Gasteiger partial charge in [0.15, 0.2) is 5.82 Å². The molecule has 106 valence electrons. The molecule has 0 unspecified atom stereocenters. The van der Waals surface area contributed by atoms with Gasteiger partial charge < -0.3 is 15.0 Å². The number of pyridine rings is 1. The van der Waals surface area contributed by atoms with Crippen LogP contribution in [0.5, 0.6) is 11.6 Å². The van der Waals surface area contributed by atoms with Crippen LogP contribution in [-0.2, 0) is 6.54 Å². The fraction of sp³-hybridized carbons (Fsp3) is 0.267. The van der Waals surface area contributed by atoms with Crippen LogP contribution < -0.4 is 15.0 Å². The third-order valence-corrected chi connectivity index (χ3v) is 2.85. The second-order valence-electron chi connectivity index (χ2n) is 4.61. The second kappa shape index (κ2) is 6.34. The van der Waals surface area contributed by atoms with Crippen LogP contribution in [0.25, 0.3) is 0 Å². The number of anilines is 1. The van der Waals surface area contributed by atoms with Crippen LogP contribution in [0.3, 0.4) is 0 Å². The van der Waals surface area contributed by atoms with Crippen LogP contribution in [0, 0.1) is 5.82 Å². The van der Waals surface area contributed by atoms with Crippen LogP contribution >= 0.6 is 0 Å². The summed E-state index contributed by atoms with van der Waals surface area (Å²) in [5.74, 6) is 0.120. The van der Waals surface area contributed by atoms with E-state index >= 15 is 0 Å². The average Bonchev–Trinajstić information content (AvgIpc) is 2.44. The predicted octanol–water partition coefficient (Wildman–Crippen LogP) is 2.80. The lowest BCUT2D eigenvalue weighted by Crippen LogP contribution is -2.09. The molecule has 0 bridgehead atoms. The molecule has 2 aromatic rings. The molecule has 0 saturated carbocycles. The van der Waals surface area contributed by atoms with Gasteiger partial charge in [-0.05, 0) is 25.2 Å². The minimum absolute atomic E-state index is 0.00587. The standard InChI is InChI=1S/C15H18FN3O/c1-17-10-11-7-8-18-15(14(11)16)20-13-6-4-5-12(9-13)19(2)3/h4-9,17H,10H2,1-3H3. The molecule has 1 aromatic heterocycles. The van der Waals surface area contributed by atoms with E-state index in [-0.39, 0.29) is 5.88 Å². The van der Waals surface area contributed by atoms with Gasteiger partial charge >= 0.3 is 0 Å². The molecular weight excluding hydrogens is 257 g/mol. The average molecular weight is 275 g/mol. The Bertz CT molecular complexity index is 587. The number of nitrogens with zero attached hydrogens (tertiary/aromatic N) is 2. The number of nitrogens with one attached hydrogen (secondary N) is 1. The molecule has 0 saturated heterocycles. The smallest absolute Gasteiger partial charge is 0.256 e. The van der Waals surface area contributed by atoms with Crippen molar-refractivity contribution in [3.05, 3.63) is 47.9 Å². The maximum Gasteiger partial charge on any atom is 0.256 e. The van der Waals surface area contributed by atoms with Crippen LogP contribution in [0.4, 0.5) is 10.1 Å². The fourth-order valence-corrected chi connectivity index (χ4v) is 1.80. The van der Waals surface area contributed by atoms with Crippen molar-refractivity contribution < 1.29 is 9.13 Å². The number of hydrogen-bond donors (Lipinski definition) is 1. The van der Waals surface area contributed by atoms with Gasteiger partial charge in [0.05, 0.1) is 0 Å². The van der Waals surface area contributed by atoms with Crippen LogP contribution in [0.1, 0.15) is 5.56 Å². The molecular formula is C15H18FN3O. The highest BCUT2D eigenvalue weighted by Crippen LogP contribution is 2.26. The number of ether oxygens (including phenoxy) is 1. The molecule has 0 aliphatic carbocycles. The molecule has 4 nitrogen and oxygen atoms in total. The molecule has 0 atom stereocenters. The van der Waals surface area contributed by atoms with Crippen molar-refractivity contribution in [2.75, 3.05) is 26.0 Å². The van der Waals surface area contributed by atoms with Crippen molar-refractivity contribution in [2.24, 2.45) is 0 Å². The number of benzene rings is 1. The minimum atomic E-state index is -0.433. The van der Waals surface area contributed by atoms with Crippen LogP contribution in [-0.4, -0.2) is 26.1 Å². The van der Waals surface area contributed by atoms with Gasteiger partial charge in [0.2, 0.25) is 0 Å². The summed E-state index contributed by atoms with van der Waals surface area (Å²) >= 11 is 0. The third-order valence-electron chi connectivity index (χ3n) is 2.85. The second-order valence-corrected chi connectivity index (χ2v) is 4.61. The molecule has 1 aromatic carbocycles. The van der Waals surface area contributed by atoms with Gasteiger partial charge in [0, 0.05) is 44.2 Å². The summed E-state index contributed by atoms with van der Waals surface area (Å²) in [6.07, 6.45) is 1.54. The minimum Gasteiger partial charge on any atom is -0.436 e. The first-order valence-electron chi connectivity index (χ1n) is 6.35. The predicted molar refractivity (Wildman–Crippen MR) is 77.8 cm³/mol. The Morgan fingerprint density at radius 2 is 2.10 bits per heavy atom. The maximum atomic E-state index is 14.2. The van der Waals surface area contributed by atoms with E-state index in [2.05, 4.69) is 10.3 Å². The first-order chi connectivity index (χ1) is 9.61. The summed E-state index contributed by atoms with van der Waals surface area (Å²) < 4.78 is 19.7. The Balaban J connectivity index is 2.26. The molecule has 0 radical (unpaired) electrons. The van der Waals surface area contributed by atoms with Gasteiger partial charge in [0.1, 0.15) is 5.75 Å². The number of halogens is 1. The lowest BCUT2D eigenvalue weighted by molar-refractivity contribution is 0.418. The number of aromatic nitrogens is 1. The van der Waals surface area contributed by atoms with E-state index in [1.165, 1.54) is 0 Å². The molecule has 20 heavy (non-hydrogen) atoms. The summed E-state index contributed by atoms with van der Waals surface area (Å²) in [7, 11) is 5.64. The zero-order chi connectivity index (χ0) is 14.5. The molecule has 1 N–H and O–H groups in total. The Labute approximate surface area is 118 Å². The Morgan fingerprint density at radius 1 is 1.30 bits per heavy atom. The van der Waals surface area contributed by atoms with Gasteiger partial charge in [-0.25, -0.2) is 9.37 Å². The Morgan fingerprint density at radius 3 is 2.80 bits per heavy atom. The van der Waals surface area contributed by atoms with E-state index in [1.807, 2.05) is 37.2 Å². The van der Waals surface area contributed by atoms with Crippen LogP contribution in [0.2, 0.25) is 0 Å². The van der Waals surface area contributed by atoms with Crippen molar-refractivity contribution in [3.63, 3.8) is 0 Å². The third kappa shape index (κ3) is 3.24. The zero-order valence-electron chi connectivity index (χ0n) is 11.9. The van der Waals surface area contributed by atoms with Crippen molar-refractivity contribution in [1.29, 1.82) is 0 Å². The van der Waals surface area contributed by atoms with Gasteiger partial charge in [-0.15, -0.1) is 0 Å². The topological polar surface area (TPSA) is 37.4 Å². The zero-order valence-corrected chi connectivity index (χ0v) is 11.9. The van der Waals surface area contributed by atoms with Gasteiger partial charge in [-0.1, -0.05) is 6.07 Å². The van der Waals surface area contributed by atoms with E-state index < -0.39 is 5.82 Å². The largest absolute Gasteiger partial charge is 0.436 e. The van der Waals surface area contributed by atoms with Gasteiger partial charge in [-0.3, -0.25) is 0 Å². The molecule has 1 heterocycles. The Kier molecular flexibility index (Phi) is 4.53. The normalized spacial score (nSPS) is 10.4. The molecule has 5 heteroatoms. The summed E-state index contributed by atoms with van der Waals surface area (Å²) in [5, 5.41) is 2.91. The summed E-state index contributed by atoms with van der Waals surface area (Å²) in [6, 6.07) is 9.06. The van der Waals surface area contributed by atoms with Crippen molar-refractivity contribution >= 4 is 5.69 Å². The maximum absolute atomic E-state index is 14.2. The first kappa shape index (κ1) is 14.3. The summed E-state index contributed by atoms with van der Waals surface area (Å²) in [6.45, 7) is 0.433. The summed E-state index contributed by atoms with van der Waals surface area (Å²) in [4.78, 5) is 5.90. The lowest BCUT2D eigenvalue weighted by Gasteiger charge is -2.14. The SMILES string of the molecule is CNCc1ccnc(Oc2cccc(N(C)C)c2)c1F.